The third-order valence-corrected chi connectivity index (χ3v) is 1.99. The Bertz CT molecular complexity index is 130. The van der Waals surface area contributed by atoms with Gasteiger partial charge < -0.3 is 5.73 Å². The summed E-state index contributed by atoms with van der Waals surface area (Å²) >= 11 is 0. The zero-order chi connectivity index (χ0) is 6.69. The molecule has 0 aliphatic heterocycles. The molecule has 0 bridgehead atoms. The van der Waals surface area contributed by atoms with E-state index in [1.807, 2.05) is 0 Å². The van der Waals surface area contributed by atoms with Gasteiger partial charge in [-0.15, -0.1) is 12.4 Å². The van der Waals surface area contributed by atoms with Crippen molar-refractivity contribution in [2.45, 2.75) is 31.7 Å². The minimum atomic E-state index is 0. The second-order valence-electron chi connectivity index (χ2n) is 2.68. The molecule has 0 aromatic rings. The molecule has 0 heterocycles. The summed E-state index contributed by atoms with van der Waals surface area (Å²) in [5, 5.41) is 8.53. The van der Waals surface area contributed by atoms with Crippen LogP contribution in [0, 0.1) is 17.2 Å². The van der Waals surface area contributed by atoms with Crippen LogP contribution in [0.1, 0.15) is 25.7 Å². The summed E-state index contributed by atoms with van der Waals surface area (Å²) in [6.07, 6.45) is 4.45. The van der Waals surface area contributed by atoms with Crippen LogP contribution in [-0.4, -0.2) is 6.04 Å². The van der Waals surface area contributed by atoms with E-state index < -0.39 is 0 Å². The highest BCUT2D eigenvalue weighted by Gasteiger charge is 2.20. The first-order valence-electron chi connectivity index (χ1n) is 3.50. The number of nitrogens with zero attached hydrogens (tertiary/aromatic N) is 1. The van der Waals surface area contributed by atoms with Crippen molar-refractivity contribution in [1.82, 2.24) is 0 Å². The average Bonchev–Trinajstić information content (AvgIpc) is 1.89. The van der Waals surface area contributed by atoms with Gasteiger partial charge in [0.2, 0.25) is 0 Å². The van der Waals surface area contributed by atoms with Crippen LogP contribution in [0.2, 0.25) is 0 Å². The van der Waals surface area contributed by atoms with Crippen molar-refractivity contribution in [3.8, 4) is 6.07 Å². The monoisotopic (exact) mass is 160 g/mol. The molecule has 0 aromatic heterocycles. The molecule has 2 N–H and O–H groups in total. The maximum Gasteiger partial charge on any atom is 0.0672 e. The molecule has 0 saturated heterocycles. The van der Waals surface area contributed by atoms with Crippen LogP contribution in [0.15, 0.2) is 0 Å². The molecule has 10 heavy (non-hydrogen) atoms. The van der Waals surface area contributed by atoms with E-state index in [1.165, 1.54) is 12.8 Å². The summed E-state index contributed by atoms with van der Waals surface area (Å²) in [7, 11) is 0. The summed E-state index contributed by atoms with van der Waals surface area (Å²) in [4.78, 5) is 0. The van der Waals surface area contributed by atoms with E-state index in [4.69, 9.17) is 11.0 Å². The summed E-state index contributed by atoms with van der Waals surface area (Å²) in [6, 6.07) is 2.38. The van der Waals surface area contributed by atoms with E-state index in [0.29, 0.717) is 0 Å². The Balaban J connectivity index is 0.000000810. The van der Waals surface area contributed by atoms with Crippen molar-refractivity contribution in [3.05, 3.63) is 0 Å². The van der Waals surface area contributed by atoms with Gasteiger partial charge in [0.1, 0.15) is 0 Å². The molecule has 0 unspecified atom stereocenters. The molecule has 0 radical (unpaired) electrons. The lowest BCUT2D eigenvalue weighted by atomic mass is 9.86. The van der Waals surface area contributed by atoms with E-state index in [9.17, 15) is 0 Å². The van der Waals surface area contributed by atoms with Crippen molar-refractivity contribution in [2.24, 2.45) is 11.7 Å². The van der Waals surface area contributed by atoms with Gasteiger partial charge in [0, 0.05) is 6.04 Å². The first kappa shape index (κ1) is 9.74. The highest BCUT2D eigenvalue weighted by Crippen LogP contribution is 2.21. The van der Waals surface area contributed by atoms with Gasteiger partial charge in [-0.05, 0) is 12.8 Å². The topological polar surface area (TPSA) is 49.8 Å². The fourth-order valence-corrected chi connectivity index (χ4v) is 1.32. The zero-order valence-electron chi connectivity index (χ0n) is 5.92. The SMILES string of the molecule is Cl.N#C[C@H]1CCCC[C@H]1N. The van der Waals surface area contributed by atoms with Crippen LogP contribution >= 0.6 is 12.4 Å². The lowest BCUT2D eigenvalue weighted by molar-refractivity contribution is 0.369. The van der Waals surface area contributed by atoms with E-state index in [0.717, 1.165) is 12.8 Å². The smallest absolute Gasteiger partial charge is 0.0672 e. The summed E-state index contributed by atoms with van der Waals surface area (Å²) in [5.41, 5.74) is 5.67. The fraction of sp³-hybridized carbons (Fsp3) is 0.857. The van der Waals surface area contributed by atoms with Crippen molar-refractivity contribution < 1.29 is 0 Å². The van der Waals surface area contributed by atoms with Crippen LogP contribution in [0.5, 0.6) is 0 Å². The summed E-state index contributed by atoms with van der Waals surface area (Å²) in [5.74, 6) is 0.138. The van der Waals surface area contributed by atoms with Gasteiger partial charge in [-0.2, -0.15) is 5.26 Å². The van der Waals surface area contributed by atoms with Gasteiger partial charge in [0.15, 0.2) is 0 Å². The van der Waals surface area contributed by atoms with Crippen LogP contribution in [0.3, 0.4) is 0 Å². The molecule has 1 rings (SSSR count). The summed E-state index contributed by atoms with van der Waals surface area (Å²) < 4.78 is 0. The van der Waals surface area contributed by atoms with E-state index in [-0.39, 0.29) is 24.4 Å². The first-order valence-corrected chi connectivity index (χ1v) is 3.50. The van der Waals surface area contributed by atoms with Crippen molar-refractivity contribution in [1.29, 1.82) is 5.26 Å². The van der Waals surface area contributed by atoms with Gasteiger partial charge in [-0.1, -0.05) is 12.8 Å². The minimum Gasteiger partial charge on any atom is -0.327 e. The Kier molecular flexibility index (Phi) is 4.42. The standard InChI is InChI=1S/C7H12N2.ClH/c8-5-6-3-1-2-4-7(6)9;/h6-7H,1-4,9H2;1H/t6-,7-;/m1./s1. The van der Waals surface area contributed by atoms with Crippen LogP contribution in [0.4, 0.5) is 0 Å². The Morgan fingerprint density at radius 3 is 2.30 bits per heavy atom. The summed E-state index contributed by atoms with van der Waals surface area (Å²) in [6.45, 7) is 0. The molecular weight excluding hydrogens is 148 g/mol. The largest absolute Gasteiger partial charge is 0.327 e. The quantitative estimate of drug-likeness (QED) is 0.583. The van der Waals surface area contributed by atoms with Crippen molar-refractivity contribution in [2.75, 3.05) is 0 Å². The van der Waals surface area contributed by atoms with Crippen LogP contribution in [0.25, 0.3) is 0 Å². The highest BCUT2D eigenvalue weighted by atomic mass is 35.5. The van der Waals surface area contributed by atoms with Crippen molar-refractivity contribution in [3.63, 3.8) is 0 Å². The number of hydrogen-bond acceptors (Lipinski definition) is 2. The van der Waals surface area contributed by atoms with Gasteiger partial charge in [-0.3, -0.25) is 0 Å². The molecule has 3 heteroatoms. The molecule has 0 aromatic carbocycles. The molecule has 1 aliphatic carbocycles. The Hall–Kier alpha value is -0.260. The first-order chi connectivity index (χ1) is 4.34. The molecule has 1 fully saturated rings. The van der Waals surface area contributed by atoms with Crippen LogP contribution < -0.4 is 5.73 Å². The van der Waals surface area contributed by atoms with E-state index in [2.05, 4.69) is 6.07 Å². The van der Waals surface area contributed by atoms with E-state index >= 15 is 0 Å². The lowest BCUT2D eigenvalue weighted by Gasteiger charge is -2.22. The molecule has 0 amide bonds. The molecule has 58 valence electrons. The predicted octanol–water partition coefficient (Wildman–Crippen LogP) is 1.45. The highest BCUT2D eigenvalue weighted by molar-refractivity contribution is 5.85. The third-order valence-electron chi connectivity index (χ3n) is 1.99. The maximum absolute atomic E-state index is 8.53. The lowest BCUT2D eigenvalue weighted by Crippen LogP contribution is -2.31. The van der Waals surface area contributed by atoms with Gasteiger partial charge >= 0.3 is 0 Å². The molecule has 2 atom stereocenters. The molecular formula is C7H13ClN2. The van der Waals surface area contributed by atoms with E-state index in [1.54, 1.807) is 0 Å². The number of halogens is 1. The van der Waals surface area contributed by atoms with Crippen molar-refractivity contribution >= 4 is 12.4 Å². The van der Waals surface area contributed by atoms with Gasteiger partial charge in [0.05, 0.1) is 12.0 Å². The molecule has 1 saturated carbocycles. The molecule has 0 spiro atoms. The average molecular weight is 161 g/mol. The predicted molar refractivity (Wildman–Crippen MR) is 42.8 cm³/mol. The maximum atomic E-state index is 8.53. The normalized spacial score (nSPS) is 32.0. The second kappa shape index (κ2) is 4.54. The Morgan fingerprint density at radius 2 is 1.90 bits per heavy atom. The molecule has 2 nitrogen and oxygen atoms in total. The van der Waals surface area contributed by atoms with Crippen LogP contribution in [-0.2, 0) is 0 Å². The number of rotatable bonds is 0. The Labute approximate surface area is 67.8 Å². The van der Waals surface area contributed by atoms with Gasteiger partial charge in [-0.25, -0.2) is 0 Å². The third kappa shape index (κ3) is 2.17. The number of nitriles is 1. The zero-order valence-corrected chi connectivity index (χ0v) is 6.73. The minimum absolute atomic E-state index is 0. The molecule has 1 aliphatic rings. The Morgan fingerprint density at radius 1 is 1.30 bits per heavy atom. The van der Waals surface area contributed by atoms with Gasteiger partial charge in [0.25, 0.3) is 0 Å². The second-order valence-corrected chi connectivity index (χ2v) is 2.68. The number of hydrogen-bond donors (Lipinski definition) is 1. The number of nitrogens with two attached hydrogens (primary N) is 1. The fourth-order valence-electron chi connectivity index (χ4n) is 1.32.